The fourth-order valence-corrected chi connectivity index (χ4v) is 3.94. The highest BCUT2D eigenvalue weighted by Gasteiger charge is 2.39. The molecular formula is C22H24ClF2N3O3. The zero-order valence-corrected chi connectivity index (χ0v) is 18.3. The van der Waals surface area contributed by atoms with Gasteiger partial charge in [0, 0.05) is 43.5 Å². The van der Waals surface area contributed by atoms with E-state index in [2.05, 4.69) is 5.32 Å². The number of nitrogens with one attached hydrogen (secondary N) is 1. The molecular weight excluding hydrogens is 428 g/mol. The Balaban J connectivity index is 1.93. The largest absolute Gasteiger partial charge is 0.505 e. The van der Waals surface area contributed by atoms with Crippen molar-refractivity contribution in [3.05, 3.63) is 68.7 Å². The molecule has 2 N–H and O–H groups in total. The number of carbonyl (C=O) groups is 2. The van der Waals surface area contributed by atoms with E-state index in [1.165, 1.54) is 11.0 Å². The van der Waals surface area contributed by atoms with E-state index in [1.54, 1.807) is 24.9 Å². The summed E-state index contributed by atoms with van der Waals surface area (Å²) in [6.07, 6.45) is 2.84. The quantitative estimate of drug-likeness (QED) is 0.668. The third-order valence-corrected chi connectivity index (χ3v) is 5.87. The summed E-state index contributed by atoms with van der Waals surface area (Å²) in [5.74, 6) is -2.94. The SMILES string of the molecule is C/C=C1/C(O)=C(C(=O)N(C)CC)N2CCCC2=C1C(=O)NCc1ccc(F)c(Cl)c1F. The Morgan fingerprint density at radius 3 is 2.71 bits per heavy atom. The van der Waals surface area contributed by atoms with Crippen LogP contribution in [0.15, 0.2) is 46.5 Å². The van der Waals surface area contributed by atoms with Gasteiger partial charge in [-0.3, -0.25) is 9.59 Å². The number of allylic oxidation sites excluding steroid dienone is 3. The minimum absolute atomic E-state index is 0.0340. The molecule has 31 heavy (non-hydrogen) atoms. The average Bonchev–Trinajstić information content (AvgIpc) is 3.23. The molecule has 0 aliphatic carbocycles. The fraction of sp³-hybridized carbons (Fsp3) is 0.364. The van der Waals surface area contributed by atoms with Crippen LogP contribution in [0.25, 0.3) is 0 Å². The molecule has 2 aliphatic rings. The van der Waals surface area contributed by atoms with Crippen molar-refractivity contribution in [1.82, 2.24) is 15.1 Å². The van der Waals surface area contributed by atoms with Gasteiger partial charge in [-0.05, 0) is 32.8 Å². The normalized spacial score (nSPS) is 17.4. The van der Waals surface area contributed by atoms with Crippen LogP contribution in [0.5, 0.6) is 0 Å². The van der Waals surface area contributed by atoms with Crippen LogP contribution in [0, 0.1) is 11.6 Å². The molecule has 1 fully saturated rings. The molecule has 3 rings (SSSR count). The number of hydrogen-bond acceptors (Lipinski definition) is 4. The number of amides is 2. The summed E-state index contributed by atoms with van der Waals surface area (Å²) >= 11 is 5.60. The maximum Gasteiger partial charge on any atom is 0.274 e. The summed E-state index contributed by atoms with van der Waals surface area (Å²) in [7, 11) is 1.64. The molecule has 0 atom stereocenters. The second-order valence-corrected chi connectivity index (χ2v) is 7.69. The zero-order valence-electron chi connectivity index (χ0n) is 17.6. The highest BCUT2D eigenvalue weighted by atomic mass is 35.5. The zero-order chi connectivity index (χ0) is 22.9. The first kappa shape index (κ1) is 22.8. The van der Waals surface area contributed by atoms with Crippen molar-refractivity contribution in [2.45, 2.75) is 33.2 Å². The van der Waals surface area contributed by atoms with Gasteiger partial charge in [0.05, 0.1) is 5.57 Å². The third-order valence-electron chi connectivity index (χ3n) is 5.52. The number of likely N-dealkylation sites (N-methyl/N-ethyl adjacent to an activating group) is 1. The molecule has 0 unspecified atom stereocenters. The monoisotopic (exact) mass is 451 g/mol. The minimum Gasteiger partial charge on any atom is -0.505 e. The first-order valence-corrected chi connectivity index (χ1v) is 10.4. The number of aliphatic hydroxyl groups excluding tert-OH is 1. The smallest absolute Gasteiger partial charge is 0.274 e. The topological polar surface area (TPSA) is 72.9 Å². The van der Waals surface area contributed by atoms with E-state index in [0.29, 0.717) is 31.6 Å². The van der Waals surface area contributed by atoms with Crippen LogP contribution in [-0.2, 0) is 16.1 Å². The highest BCUT2D eigenvalue weighted by Crippen LogP contribution is 2.40. The Kier molecular flexibility index (Phi) is 6.69. The number of aliphatic hydroxyl groups is 1. The van der Waals surface area contributed by atoms with Gasteiger partial charge in [0.25, 0.3) is 11.8 Å². The van der Waals surface area contributed by atoms with Crippen LogP contribution < -0.4 is 5.32 Å². The van der Waals surface area contributed by atoms with Crippen molar-refractivity contribution < 1.29 is 23.5 Å². The lowest BCUT2D eigenvalue weighted by Gasteiger charge is -2.33. The summed E-state index contributed by atoms with van der Waals surface area (Å²) < 4.78 is 27.6. The van der Waals surface area contributed by atoms with Gasteiger partial charge >= 0.3 is 0 Å². The van der Waals surface area contributed by atoms with E-state index in [4.69, 9.17) is 11.6 Å². The standard InChI is InChI=1S/C22H24ClF2N3O3/c1-4-13-16(21(30)26-11-12-8-9-14(24)17(23)18(12)25)15-7-6-10-28(15)19(20(13)29)22(31)27(3)5-2/h4,8-9,29H,5-7,10-11H2,1-3H3,(H,26,30)/b13-4+. The van der Waals surface area contributed by atoms with E-state index >= 15 is 0 Å². The number of nitrogens with zero attached hydrogens (tertiary/aromatic N) is 2. The summed E-state index contributed by atoms with van der Waals surface area (Å²) in [4.78, 5) is 29.1. The maximum atomic E-state index is 14.2. The number of benzene rings is 1. The second-order valence-electron chi connectivity index (χ2n) is 7.31. The summed E-state index contributed by atoms with van der Waals surface area (Å²) in [6.45, 7) is 4.23. The molecule has 2 aliphatic heterocycles. The maximum absolute atomic E-state index is 14.2. The number of fused-ring (bicyclic) bond motifs is 1. The Labute approximate surface area is 184 Å². The third kappa shape index (κ3) is 4.04. The van der Waals surface area contributed by atoms with Crippen LogP contribution in [0.2, 0.25) is 5.02 Å². The summed E-state index contributed by atoms with van der Waals surface area (Å²) in [6, 6.07) is 2.24. The van der Waals surface area contributed by atoms with Gasteiger partial charge in [-0.2, -0.15) is 0 Å². The number of halogens is 3. The first-order chi connectivity index (χ1) is 14.7. The molecule has 1 saturated heterocycles. The minimum atomic E-state index is -0.935. The lowest BCUT2D eigenvalue weighted by atomic mass is 9.94. The van der Waals surface area contributed by atoms with Crippen molar-refractivity contribution in [2.24, 2.45) is 0 Å². The van der Waals surface area contributed by atoms with Gasteiger partial charge in [0.2, 0.25) is 0 Å². The van der Waals surface area contributed by atoms with Crippen LogP contribution >= 0.6 is 11.6 Å². The Morgan fingerprint density at radius 1 is 1.35 bits per heavy atom. The van der Waals surface area contributed by atoms with Crippen molar-refractivity contribution in [3.8, 4) is 0 Å². The molecule has 0 radical (unpaired) electrons. The van der Waals surface area contributed by atoms with Crippen LogP contribution in [0.1, 0.15) is 32.3 Å². The molecule has 166 valence electrons. The molecule has 0 aromatic heterocycles. The lowest BCUT2D eigenvalue weighted by molar-refractivity contribution is -0.127. The van der Waals surface area contributed by atoms with Gasteiger partial charge in [-0.25, -0.2) is 8.78 Å². The van der Waals surface area contributed by atoms with Crippen LogP contribution in [0.4, 0.5) is 8.78 Å². The number of rotatable bonds is 5. The van der Waals surface area contributed by atoms with Gasteiger partial charge in [0.1, 0.15) is 22.4 Å². The van der Waals surface area contributed by atoms with Gasteiger partial charge in [-0.15, -0.1) is 0 Å². The average molecular weight is 452 g/mol. The van der Waals surface area contributed by atoms with E-state index in [9.17, 15) is 23.5 Å². The summed E-state index contributed by atoms with van der Waals surface area (Å²) in [5.41, 5.74) is 1.30. The van der Waals surface area contributed by atoms with E-state index < -0.39 is 22.6 Å². The summed E-state index contributed by atoms with van der Waals surface area (Å²) in [5, 5.41) is 12.9. The van der Waals surface area contributed by atoms with E-state index in [-0.39, 0.29) is 40.6 Å². The molecule has 0 spiro atoms. The lowest BCUT2D eigenvalue weighted by Crippen LogP contribution is -2.40. The Bertz CT molecular complexity index is 1030. The Hall–Kier alpha value is -2.87. The second kappa shape index (κ2) is 9.09. The molecule has 2 amide bonds. The van der Waals surface area contributed by atoms with Crippen molar-refractivity contribution in [2.75, 3.05) is 20.1 Å². The molecule has 0 bridgehead atoms. The van der Waals surface area contributed by atoms with Crippen LogP contribution in [-0.4, -0.2) is 46.9 Å². The van der Waals surface area contributed by atoms with Crippen molar-refractivity contribution in [3.63, 3.8) is 0 Å². The van der Waals surface area contributed by atoms with Crippen molar-refractivity contribution >= 4 is 23.4 Å². The van der Waals surface area contributed by atoms with Crippen LogP contribution in [0.3, 0.4) is 0 Å². The molecule has 1 aromatic rings. The van der Waals surface area contributed by atoms with E-state index in [0.717, 1.165) is 6.07 Å². The highest BCUT2D eigenvalue weighted by molar-refractivity contribution is 6.30. The molecule has 9 heteroatoms. The first-order valence-electron chi connectivity index (χ1n) is 9.99. The predicted octanol–water partition coefficient (Wildman–Crippen LogP) is 3.79. The van der Waals surface area contributed by atoms with E-state index in [1.807, 2.05) is 6.92 Å². The predicted molar refractivity (Wildman–Crippen MR) is 113 cm³/mol. The molecule has 6 nitrogen and oxygen atoms in total. The van der Waals surface area contributed by atoms with Gasteiger partial charge in [-0.1, -0.05) is 23.7 Å². The molecule has 2 heterocycles. The van der Waals surface area contributed by atoms with Crippen molar-refractivity contribution in [1.29, 1.82) is 0 Å². The molecule has 0 saturated carbocycles. The fourth-order valence-electron chi connectivity index (χ4n) is 3.75. The number of carbonyl (C=O) groups excluding carboxylic acids is 2. The molecule has 1 aromatic carbocycles. The van der Waals surface area contributed by atoms with Gasteiger partial charge in [0.15, 0.2) is 5.76 Å². The van der Waals surface area contributed by atoms with Gasteiger partial charge < -0.3 is 20.2 Å². The Morgan fingerprint density at radius 2 is 2.06 bits per heavy atom. The number of hydrogen-bond donors (Lipinski definition) is 2.